The SMILES string of the molecule is Cc1ccc(S(=O)(=O)/N=C(\C(=O)O)C(F)(F)F)cc1. The minimum absolute atomic E-state index is 0.513. The summed E-state index contributed by atoms with van der Waals surface area (Å²) in [7, 11) is -4.72. The topological polar surface area (TPSA) is 83.8 Å². The van der Waals surface area contributed by atoms with Crippen molar-refractivity contribution in [3.8, 4) is 0 Å². The zero-order valence-electron chi connectivity index (χ0n) is 9.47. The molecule has 1 rings (SSSR count). The van der Waals surface area contributed by atoms with Crippen LogP contribution in [0.4, 0.5) is 13.2 Å². The van der Waals surface area contributed by atoms with E-state index in [2.05, 4.69) is 4.40 Å². The lowest BCUT2D eigenvalue weighted by molar-refractivity contribution is -0.133. The Bertz CT molecular complexity index is 617. The third kappa shape index (κ3) is 3.78. The molecule has 0 fully saturated rings. The van der Waals surface area contributed by atoms with Gasteiger partial charge in [0, 0.05) is 0 Å². The van der Waals surface area contributed by atoms with Crippen LogP contribution in [-0.2, 0) is 14.8 Å². The smallest absolute Gasteiger partial charge is 0.441 e. The highest BCUT2D eigenvalue weighted by Gasteiger charge is 2.42. The normalized spacial score (nSPS) is 13.4. The molecule has 0 aromatic heterocycles. The van der Waals surface area contributed by atoms with Crippen LogP contribution in [-0.4, -0.2) is 31.4 Å². The summed E-state index contributed by atoms with van der Waals surface area (Å²) in [4.78, 5) is 9.88. The summed E-state index contributed by atoms with van der Waals surface area (Å²) in [5.74, 6) is -2.46. The van der Waals surface area contributed by atoms with Crippen molar-refractivity contribution in [3.05, 3.63) is 29.8 Å². The summed E-state index contributed by atoms with van der Waals surface area (Å²) in [6.45, 7) is 1.65. The van der Waals surface area contributed by atoms with Crippen LogP contribution in [0.2, 0.25) is 0 Å². The van der Waals surface area contributed by atoms with Gasteiger partial charge in [-0.05, 0) is 19.1 Å². The van der Waals surface area contributed by atoms with Gasteiger partial charge < -0.3 is 5.11 Å². The second-order valence-corrected chi connectivity index (χ2v) is 5.14. The molecule has 5 nitrogen and oxygen atoms in total. The van der Waals surface area contributed by atoms with Gasteiger partial charge in [0.25, 0.3) is 10.0 Å². The standard InChI is InChI=1S/C10H8F3NO4S/c1-6-2-4-7(5-3-6)19(17,18)14-8(9(15)16)10(11,12)13/h2-5H,1H3,(H,15,16)/b14-8+. The number of carboxylic acid groups (broad SMARTS) is 1. The van der Waals surface area contributed by atoms with Crippen molar-refractivity contribution >= 4 is 21.7 Å². The van der Waals surface area contributed by atoms with Gasteiger partial charge in [0.05, 0.1) is 4.90 Å². The van der Waals surface area contributed by atoms with Crippen LogP contribution >= 0.6 is 0 Å². The number of carbonyl (C=O) groups is 1. The molecular formula is C10H8F3NO4S. The maximum Gasteiger partial charge on any atom is 0.441 e. The van der Waals surface area contributed by atoms with Crippen LogP contribution < -0.4 is 0 Å². The lowest BCUT2D eigenvalue weighted by atomic mass is 10.2. The summed E-state index contributed by atoms with van der Waals surface area (Å²) in [6, 6.07) is 4.81. The van der Waals surface area contributed by atoms with Crippen molar-refractivity contribution in [2.24, 2.45) is 4.40 Å². The fourth-order valence-electron chi connectivity index (χ4n) is 1.10. The van der Waals surface area contributed by atoms with Crippen molar-refractivity contribution < 1.29 is 31.5 Å². The molecule has 0 aliphatic carbocycles. The molecule has 0 amide bonds. The fourth-order valence-corrected chi connectivity index (χ4v) is 2.10. The van der Waals surface area contributed by atoms with Crippen LogP contribution in [0.25, 0.3) is 0 Å². The summed E-state index contributed by atoms with van der Waals surface area (Å²) >= 11 is 0. The number of hydrogen-bond donors (Lipinski definition) is 1. The van der Waals surface area contributed by atoms with E-state index in [1.54, 1.807) is 6.92 Å². The number of sulfonamides is 1. The van der Waals surface area contributed by atoms with Gasteiger partial charge in [0.2, 0.25) is 5.71 Å². The van der Waals surface area contributed by atoms with Crippen LogP contribution in [0, 0.1) is 6.92 Å². The molecular weight excluding hydrogens is 287 g/mol. The number of alkyl halides is 3. The van der Waals surface area contributed by atoms with E-state index in [9.17, 15) is 26.4 Å². The molecule has 0 saturated heterocycles. The number of carboxylic acids is 1. The molecule has 0 radical (unpaired) electrons. The maximum atomic E-state index is 12.3. The molecule has 1 aromatic rings. The number of aryl methyl sites for hydroxylation is 1. The van der Waals surface area contributed by atoms with Gasteiger partial charge in [-0.1, -0.05) is 17.7 Å². The average molecular weight is 295 g/mol. The van der Waals surface area contributed by atoms with E-state index in [0.29, 0.717) is 5.56 Å². The lowest BCUT2D eigenvalue weighted by Gasteiger charge is -2.06. The molecule has 0 saturated carbocycles. The average Bonchev–Trinajstić information content (AvgIpc) is 2.24. The molecule has 9 heteroatoms. The largest absolute Gasteiger partial charge is 0.476 e. The number of nitrogens with zero attached hydrogens (tertiary/aromatic N) is 1. The first-order chi connectivity index (χ1) is 8.54. The molecule has 0 unspecified atom stereocenters. The van der Waals surface area contributed by atoms with Gasteiger partial charge in [-0.2, -0.15) is 21.6 Å². The van der Waals surface area contributed by atoms with Gasteiger partial charge in [-0.25, -0.2) is 4.79 Å². The van der Waals surface area contributed by atoms with Crippen LogP contribution in [0.1, 0.15) is 5.56 Å². The highest BCUT2D eigenvalue weighted by Crippen LogP contribution is 2.21. The molecule has 0 atom stereocenters. The van der Waals surface area contributed by atoms with Crippen LogP contribution in [0.15, 0.2) is 33.6 Å². The van der Waals surface area contributed by atoms with Gasteiger partial charge >= 0.3 is 12.1 Å². The first kappa shape index (κ1) is 15.2. The van der Waals surface area contributed by atoms with E-state index in [4.69, 9.17) is 5.11 Å². The van der Waals surface area contributed by atoms with Gasteiger partial charge in [-0.15, -0.1) is 4.40 Å². The fraction of sp³-hybridized carbons (Fsp3) is 0.200. The van der Waals surface area contributed by atoms with E-state index in [-0.39, 0.29) is 0 Å². The predicted octanol–water partition coefficient (Wildman–Crippen LogP) is 1.77. The van der Waals surface area contributed by atoms with Crippen molar-refractivity contribution in [1.82, 2.24) is 0 Å². The Morgan fingerprint density at radius 2 is 1.68 bits per heavy atom. The minimum atomic E-state index is -5.36. The van der Waals surface area contributed by atoms with Gasteiger partial charge in [0.1, 0.15) is 0 Å². The Hall–Kier alpha value is -1.90. The second kappa shape index (κ2) is 5.00. The molecule has 19 heavy (non-hydrogen) atoms. The number of hydrogen-bond acceptors (Lipinski definition) is 3. The first-order valence-corrected chi connectivity index (χ1v) is 6.20. The number of aliphatic carboxylic acids is 1. The Morgan fingerprint density at radius 3 is 2.05 bits per heavy atom. The predicted molar refractivity (Wildman–Crippen MR) is 59.5 cm³/mol. The Morgan fingerprint density at radius 1 is 1.21 bits per heavy atom. The number of halogens is 3. The van der Waals surface area contributed by atoms with Crippen molar-refractivity contribution in [1.29, 1.82) is 0 Å². The van der Waals surface area contributed by atoms with E-state index in [0.717, 1.165) is 12.1 Å². The first-order valence-electron chi connectivity index (χ1n) is 4.76. The van der Waals surface area contributed by atoms with E-state index in [1.807, 2.05) is 0 Å². The Labute approximate surface area is 106 Å². The van der Waals surface area contributed by atoms with Crippen molar-refractivity contribution in [2.75, 3.05) is 0 Å². The molecule has 104 valence electrons. The van der Waals surface area contributed by atoms with Crippen molar-refractivity contribution in [3.63, 3.8) is 0 Å². The minimum Gasteiger partial charge on any atom is -0.476 e. The second-order valence-electron chi connectivity index (χ2n) is 3.53. The van der Waals surface area contributed by atoms with Crippen molar-refractivity contribution in [2.45, 2.75) is 18.0 Å². The Balaban J connectivity index is 3.35. The van der Waals surface area contributed by atoms with Crippen LogP contribution in [0.3, 0.4) is 0 Å². The van der Waals surface area contributed by atoms with Crippen LogP contribution in [0.5, 0.6) is 0 Å². The molecule has 1 N–H and O–H groups in total. The number of benzene rings is 1. The maximum absolute atomic E-state index is 12.3. The molecule has 1 aromatic carbocycles. The van der Waals surface area contributed by atoms with E-state index >= 15 is 0 Å². The summed E-state index contributed by atoms with van der Waals surface area (Å²) in [6.07, 6.45) is -5.36. The third-order valence-corrected chi connectivity index (χ3v) is 3.29. The van der Waals surface area contributed by atoms with E-state index in [1.165, 1.54) is 12.1 Å². The summed E-state index contributed by atoms with van der Waals surface area (Å²) < 4.78 is 62.4. The molecule has 0 aliphatic rings. The van der Waals surface area contributed by atoms with Gasteiger partial charge in [-0.3, -0.25) is 0 Å². The molecule has 0 heterocycles. The number of rotatable bonds is 3. The monoisotopic (exact) mass is 295 g/mol. The molecule has 0 spiro atoms. The highest BCUT2D eigenvalue weighted by molar-refractivity contribution is 7.90. The third-order valence-electron chi connectivity index (χ3n) is 2.00. The van der Waals surface area contributed by atoms with E-state index < -0.39 is 32.8 Å². The zero-order valence-corrected chi connectivity index (χ0v) is 10.3. The van der Waals surface area contributed by atoms with Gasteiger partial charge in [0.15, 0.2) is 0 Å². The molecule has 0 aliphatic heterocycles. The zero-order chi connectivity index (χ0) is 14.8. The summed E-state index contributed by atoms with van der Waals surface area (Å²) in [5, 5.41) is 8.35. The Kier molecular flexibility index (Phi) is 3.99. The quantitative estimate of drug-likeness (QED) is 0.861. The lowest BCUT2D eigenvalue weighted by Crippen LogP contribution is -2.31. The molecule has 0 bridgehead atoms. The summed E-state index contributed by atoms with van der Waals surface area (Å²) in [5.41, 5.74) is -1.69. The highest BCUT2D eigenvalue weighted by atomic mass is 32.2.